The molecule has 2 rings (SSSR count). The summed E-state index contributed by atoms with van der Waals surface area (Å²) in [4.78, 5) is 22.2. The van der Waals surface area contributed by atoms with Gasteiger partial charge < -0.3 is 10.4 Å². The Morgan fingerprint density at radius 3 is 2.78 bits per heavy atom. The van der Waals surface area contributed by atoms with Gasteiger partial charge in [0.05, 0.1) is 6.20 Å². The van der Waals surface area contributed by atoms with Crippen LogP contribution in [0.2, 0.25) is 0 Å². The van der Waals surface area contributed by atoms with Gasteiger partial charge in [0.2, 0.25) is 5.91 Å². The van der Waals surface area contributed by atoms with Gasteiger partial charge in [0.25, 0.3) is 0 Å². The molecule has 0 spiro atoms. The van der Waals surface area contributed by atoms with E-state index >= 15 is 0 Å². The highest BCUT2D eigenvalue weighted by Crippen LogP contribution is 2.47. The van der Waals surface area contributed by atoms with Crippen LogP contribution in [0.3, 0.4) is 0 Å². The first-order chi connectivity index (χ1) is 8.54. The molecule has 18 heavy (non-hydrogen) atoms. The molecule has 1 fully saturated rings. The van der Waals surface area contributed by atoms with Crippen LogP contribution in [0.4, 0.5) is 0 Å². The normalized spacial score (nSPS) is 16.3. The van der Waals surface area contributed by atoms with Crippen molar-refractivity contribution in [2.24, 2.45) is 5.41 Å². The molecule has 0 aromatic carbocycles. The highest BCUT2D eigenvalue weighted by Gasteiger charge is 2.40. The zero-order chi connectivity index (χ0) is 13.2. The lowest BCUT2D eigenvalue weighted by atomic mass is 10.0. The zero-order valence-corrected chi connectivity index (χ0v) is 10.2. The summed E-state index contributed by atoms with van der Waals surface area (Å²) in [6.45, 7) is 2.80. The summed E-state index contributed by atoms with van der Waals surface area (Å²) < 4.78 is 1.23. The number of rotatable bonds is 6. The van der Waals surface area contributed by atoms with Gasteiger partial charge in [-0.15, -0.1) is 5.10 Å². The Bertz CT molecular complexity index is 465. The monoisotopic (exact) mass is 252 g/mol. The Labute approximate surface area is 104 Å². The van der Waals surface area contributed by atoms with E-state index in [9.17, 15) is 9.59 Å². The van der Waals surface area contributed by atoms with E-state index in [2.05, 4.69) is 22.6 Å². The van der Waals surface area contributed by atoms with E-state index in [0.29, 0.717) is 12.0 Å². The number of nitrogens with zero attached hydrogens (tertiary/aromatic N) is 3. The van der Waals surface area contributed by atoms with Crippen LogP contribution < -0.4 is 5.32 Å². The average Bonchev–Trinajstić information content (AvgIpc) is 2.98. The molecule has 1 saturated carbocycles. The first-order valence-corrected chi connectivity index (χ1v) is 5.95. The van der Waals surface area contributed by atoms with Crippen LogP contribution in [0.1, 0.15) is 36.7 Å². The summed E-state index contributed by atoms with van der Waals surface area (Å²) in [6, 6.07) is 0. The number of carbonyl (C=O) groups excluding carboxylic acids is 1. The fourth-order valence-corrected chi connectivity index (χ4v) is 1.79. The molecule has 1 aliphatic rings. The van der Waals surface area contributed by atoms with Crippen LogP contribution in [-0.2, 0) is 11.3 Å². The van der Waals surface area contributed by atoms with Crippen molar-refractivity contribution in [1.82, 2.24) is 20.3 Å². The third-order valence-electron chi connectivity index (χ3n) is 3.43. The molecule has 0 aliphatic heterocycles. The SMILES string of the molecule is CCC1(CNC(=O)Cn2cc(C(=O)O)nn2)CC1. The number of carbonyl (C=O) groups is 2. The highest BCUT2D eigenvalue weighted by molar-refractivity contribution is 5.84. The number of nitrogens with one attached hydrogen (secondary N) is 1. The van der Waals surface area contributed by atoms with Crippen molar-refractivity contribution < 1.29 is 14.7 Å². The minimum atomic E-state index is -1.15. The second-order valence-corrected chi connectivity index (χ2v) is 4.74. The molecule has 7 heteroatoms. The Hall–Kier alpha value is -1.92. The van der Waals surface area contributed by atoms with Gasteiger partial charge in [0.15, 0.2) is 5.69 Å². The molecule has 1 heterocycles. The van der Waals surface area contributed by atoms with Crippen LogP contribution in [-0.4, -0.2) is 38.5 Å². The van der Waals surface area contributed by atoms with Gasteiger partial charge in [-0.05, 0) is 24.7 Å². The van der Waals surface area contributed by atoms with Crippen LogP contribution >= 0.6 is 0 Å². The minimum absolute atomic E-state index is 0.0000737. The van der Waals surface area contributed by atoms with E-state index < -0.39 is 5.97 Å². The number of carboxylic acids is 1. The molecule has 7 nitrogen and oxygen atoms in total. The molecule has 0 radical (unpaired) electrons. The number of hydrogen-bond donors (Lipinski definition) is 2. The molecule has 1 amide bonds. The second-order valence-electron chi connectivity index (χ2n) is 4.74. The lowest BCUT2D eigenvalue weighted by Crippen LogP contribution is -2.32. The maximum absolute atomic E-state index is 11.6. The number of hydrogen-bond acceptors (Lipinski definition) is 4. The molecule has 1 aromatic rings. The third-order valence-corrected chi connectivity index (χ3v) is 3.43. The Balaban J connectivity index is 1.81. The van der Waals surface area contributed by atoms with Gasteiger partial charge in [-0.1, -0.05) is 12.1 Å². The van der Waals surface area contributed by atoms with Crippen molar-refractivity contribution in [3.05, 3.63) is 11.9 Å². The van der Waals surface area contributed by atoms with Gasteiger partial charge in [-0.3, -0.25) is 4.79 Å². The highest BCUT2D eigenvalue weighted by atomic mass is 16.4. The Morgan fingerprint density at radius 1 is 1.56 bits per heavy atom. The van der Waals surface area contributed by atoms with Crippen molar-refractivity contribution in [1.29, 1.82) is 0 Å². The number of aromatic nitrogens is 3. The molecular weight excluding hydrogens is 236 g/mol. The van der Waals surface area contributed by atoms with Crippen molar-refractivity contribution in [2.75, 3.05) is 6.54 Å². The summed E-state index contributed by atoms with van der Waals surface area (Å²) in [5, 5.41) is 18.5. The van der Waals surface area contributed by atoms with Gasteiger partial charge in [-0.2, -0.15) is 0 Å². The second kappa shape index (κ2) is 4.75. The van der Waals surface area contributed by atoms with Gasteiger partial charge in [0, 0.05) is 6.54 Å². The fourth-order valence-electron chi connectivity index (χ4n) is 1.79. The first-order valence-electron chi connectivity index (χ1n) is 5.95. The lowest BCUT2D eigenvalue weighted by Gasteiger charge is -2.13. The molecule has 0 bridgehead atoms. The van der Waals surface area contributed by atoms with Crippen LogP contribution in [0.15, 0.2) is 6.20 Å². The summed E-state index contributed by atoms with van der Waals surface area (Å²) in [5.74, 6) is -1.32. The largest absolute Gasteiger partial charge is 0.476 e. The fraction of sp³-hybridized carbons (Fsp3) is 0.636. The minimum Gasteiger partial charge on any atom is -0.476 e. The van der Waals surface area contributed by atoms with Crippen molar-refractivity contribution in [3.8, 4) is 0 Å². The number of carboxylic acid groups (broad SMARTS) is 1. The molecule has 2 N–H and O–H groups in total. The molecule has 0 saturated heterocycles. The average molecular weight is 252 g/mol. The maximum atomic E-state index is 11.6. The smallest absolute Gasteiger partial charge is 0.358 e. The predicted octanol–water partition coefficient (Wildman–Crippen LogP) is 0.283. The van der Waals surface area contributed by atoms with E-state index in [1.807, 2.05) is 0 Å². The molecule has 1 aromatic heterocycles. The van der Waals surface area contributed by atoms with E-state index in [-0.39, 0.29) is 18.1 Å². The molecule has 98 valence electrons. The Kier molecular flexibility index (Phi) is 3.31. The van der Waals surface area contributed by atoms with Gasteiger partial charge in [-0.25, -0.2) is 9.48 Å². The van der Waals surface area contributed by atoms with Gasteiger partial charge >= 0.3 is 5.97 Å². The molecule has 0 atom stereocenters. The van der Waals surface area contributed by atoms with E-state index in [0.717, 1.165) is 19.3 Å². The van der Waals surface area contributed by atoms with E-state index in [4.69, 9.17) is 5.11 Å². The van der Waals surface area contributed by atoms with Crippen molar-refractivity contribution >= 4 is 11.9 Å². The standard InChI is InChI=1S/C11H16N4O3/c1-2-11(3-4-11)7-12-9(16)6-15-5-8(10(17)18)13-14-15/h5H,2-4,6-7H2,1H3,(H,12,16)(H,17,18). The summed E-state index contributed by atoms with van der Waals surface area (Å²) >= 11 is 0. The topological polar surface area (TPSA) is 97.1 Å². The van der Waals surface area contributed by atoms with E-state index in [1.54, 1.807) is 0 Å². The van der Waals surface area contributed by atoms with E-state index in [1.165, 1.54) is 10.9 Å². The van der Waals surface area contributed by atoms with Crippen LogP contribution in [0, 0.1) is 5.41 Å². The summed E-state index contributed by atoms with van der Waals surface area (Å²) in [6.07, 6.45) is 4.64. The predicted molar refractivity (Wildman–Crippen MR) is 61.9 cm³/mol. The van der Waals surface area contributed by atoms with Crippen LogP contribution in [0.5, 0.6) is 0 Å². The zero-order valence-electron chi connectivity index (χ0n) is 10.2. The summed E-state index contributed by atoms with van der Waals surface area (Å²) in [5.41, 5.74) is 0.138. The third kappa shape index (κ3) is 2.85. The molecular formula is C11H16N4O3. The van der Waals surface area contributed by atoms with Crippen LogP contribution in [0.25, 0.3) is 0 Å². The number of aromatic carboxylic acids is 1. The van der Waals surface area contributed by atoms with Gasteiger partial charge in [0.1, 0.15) is 6.54 Å². The first kappa shape index (κ1) is 12.5. The lowest BCUT2D eigenvalue weighted by molar-refractivity contribution is -0.122. The molecule has 0 unspecified atom stereocenters. The quantitative estimate of drug-likeness (QED) is 0.758. The number of amides is 1. The Morgan fingerprint density at radius 2 is 2.28 bits per heavy atom. The summed E-state index contributed by atoms with van der Waals surface area (Å²) in [7, 11) is 0. The van der Waals surface area contributed by atoms with Crippen molar-refractivity contribution in [3.63, 3.8) is 0 Å². The molecule has 1 aliphatic carbocycles. The van der Waals surface area contributed by atoms with Crippen molar-refractivity contribution in [2.45, 2.75) is 32.7 Å². The maximum Gasteiger partial charge on any atom is 0.358 e.